The molecule has 0 unspecified atom stereocenters. The molecule has 1 saturated heterocycles. The van der Waals surface area contributed by atoms with E-state index >= 15 is 0 Å². The quantitative estimate of drug-likeness (QED) is 0.729. The zero-order valence-corrected chi connectivity index (χ0v) is 13.0. The fourth-order valence-corrected chi connectivity index (χ4v) is 3.02. The highest BCUT2D eigenvalue weighted by Crippen LogP contribution is 2.30. The van der Waals surface area contributed by atoms with Gasteiger partial charge in [-0.15, -0.1) is 0 Å². The first-order valence-electron chi connectivity index (χ1n) is 7.22. The number of nitrogens with two attached hydrogens (primary N) is 1. The number of carbonyl (C=O) groups is 1. The summed E-state index contributed by atoms with van der Waals surface area (Å²) in [7, 11) is 2.14. The van der Waals surface area contributed by atoms with Crippen LogP contribution in [0.25, 0.3) is 0 Å². The summed E-state index contributed by atoms with van der Waals surface area (Å²) in [5.41, 5.74) is 6.60. The van der Waals surface area contributed by atoms with Crippen LogP contribution in [0.2, 0.25) is 5.02 Å². The lowest BCUT2D eigenvalue weighted by Gasteiger charge is -2.29. The second kappa shape index (κ2) is 7.00. The summed E-state index contributed by atoms with van der Waals surface area (Å²) in [6, 6.07) is 3.01. The fraction of sp³-hybridized carbons (Fsp3) is 0.533. The minimum absolute atomic E-state index is 0.128. The van der Waals surface area contributed by atoms with Gasteiger partial charge >= 0.3 is 5.97 Å². The highest BCUT2D eigenvalue weighted by Gasteiger charge is 2.18. The molecule has 1 aliphatic heterocycles. The second-order valence-electron chi connectivity index (χ2n) is 5.69. The van der Waals surface area contributed by atoms with Crippen molar-refractivity contribution in [2.45, 2.75) is 19.3 Å². The number of aromatic carboxylic acids is 1. The molecule has 1 aliphatic rings. The van der Waals surface area contributed by atoms with Gasteiger partial charge in [-0.2, -0.15) is 0 Å². The van der Waals surface area contributed by atoms with Crippen LogP contribution >= 0.6 is 11.6 Å². The molecule has 1 heterocycles. The number of nitrogens with zero attached hydrogens (tertiary/aromatic N) is 1. The Morgan fingerprint density at radius 1 is 1.48 bits per heavy atom. The predicted molar refractivity (Wildman–Crippen MR) is 86.2 cm³/mol. The van der Waals surface area contributed by atoms with E-state index in [2.05, 4.69) is 17.3 Å². The second-order valence-corrected chi connectivity index (χ2v) is 6.10. The molecule has 6 heteroatoms. The van der Waals surface area contributed by atoms with Crippen LogP contribution in [0, 0.1) is 5.92 Å². The van der Waals surface area contributed by atoms with Crippen LogP contribution in [0.5, 0.6) is 0 Å². The molecule has 0 radical (unpaired) electrons. The minimum Gasteiger partial charge on any atom is -0.478 e. The number of likely N-dealkylation sites (tertiary alicyclic amines) is 1. The SMILES string of the molecule is CN1CCC(CCNc2c(Cl)cc(N)cc2C(=O)O)CC1. The first-order valence-corrected chi connectivity index (χ1v) is 7.60. The zero-order chi connectivity index (χ0) is 15.4. The Bertz CT molecular complexity index is 514. The van der Waals surface area contributed by atoms with Crippen LogP contribution in [-0.2, 0) is 0 Å². The normalized spacial score (nSPS) is 16.9. The molecule has 1 aromatic rings. The lowest BCUT2D eigenvalue weighted by Crippen LogP contribution is -2.30. The molecule has 0 saturated carbocycles. The Hall–Kier alpha value is -1.46. The Kier molecular flexibility index (Phi) is 5.31. The fourth-order valence-electron chi connectivity index (χ4n) is 2.73. The van der Waals surface area contributed by atoms with E-state index in [1.54, 1.807) is 6.07 Å². The molecular formula is C15H22ClN3O2. The first kappa shape index (κ1) is 15.9. The number of hydrogen-bond donors (Lipinski definition) is 3. The van der Waals surface area contributed by atoms with Crippen LogP contribution in [-0.4, -0.2) is 42.7 Å². The van der Waals surface area contributed by atoms with E-state index in [1.165, 1.54) is 18.9 Å². The van der Waals surface area contributed by atoms with Crippen LogP contribution in [0.15, 0.2) is 12.1 Å². The minimum atomic E-state index is -1.02. The third-order valence-corrected chi connectivity index (χ3v) is 4.33. The van der Waals surface area contributed by atoms with Crippen LogP contribution in [0.4, 0.5) is 11.4 Å². The molecule has 0 amide bonds. The summed E-state index contributed by atoms with van der Waals surface area (Å²) >= 11 is 6.11. The molecule has 0 aromatic heterocycles. The van der Waals surface area contributed by atoms with Gasteiger partial charge in [0.05, 0.1) is 16.3 Å². The molecule has 0 bridgehead atoms. The van der Waals surface area contributed by atoms with Gasteiger partial charge in [0.25, 0.3) is 0 Å². The number of nitrogen functional groups attached to an aromatic ring is 1. The monoisotopic (exact) mass is 311 g/mol. The number of piperidine rings is 1. The van der Waals surface area contributed by atoms with Crippen LogP contribution in [0.1, 0.15) is 29.6 Å². The topological polar surface area (TPSA) is 78.6 Å². The smallest absolute Gasteiger partial charge is 0.337 e. The number of halogens is 1. The Morgan fingerprint density at radius 2 is 2.14 bits per heavy atom. The van der Waals surface area contributed by atoms with Crippen molar-refractivity contribution in [2.24, 2.45) is 5.92 Å². The average Bonchev–Trinajstić information content (AvgIpc) is 2.42. The zero-order valence-electron chi connectivity index (χ0n) is 12.2. The molecule has 0 aliphatic carbocycles. The molecule has 116 valence electrons. The van der Waals surface area contributed by atoms with Crippen molar-refractivity contribution >= 4 is 28.9 Å². The summed E-state index contributed by atoms with van der Waals surface area (Å²) in [6.07, 6.45) is 3.41. The molecule has 5 nitrogen and oxygen atoms in total. The maximum absolute atomic E-state index is 11.3. The van der Waals surface area contributed by atoms with Crippen molar-refractivity contribution in [1.82, 2.24) is 4.90 Å². The van der Waals surface area contributed by atoms with Gasteiger partial charge in [0.2, 0.25) is 0 Å². The molecule has 21 heavy (non-hydrogen) atoms. The van der Waals surface area contributed by atoms with Crippen molar-refractivity contribution < 1.29 is 9.90 Å². The van der Waals surface area contributed by atoms with Crippen molar-refractivity contribution in [1.29, 1.82) is 0 Å². The largest absolute Gasteiger partial charge is 0.478 e. The average molecular weight is 312 g/mol. The molecular weight excluding hydrogens is 290 g/mol. The molecule has 1 fully saturated rings. The highest BCUT2D eigenvalue weighted by atomic mass is 35.5. The van der Waals surface area contributed by atoms with Gasteiger partial charge in [-0.25, -0.2) is 4.79 Å². The lowest BCUT2D eigenvalue weighted by molar-refractivity contribution is 0.0698. The lowest BCUT2D eigenvalue weighted by atomic mass is 9.94. The van der Waals surface area contributed by atoms with Crippen molar-refractivity contribution in [3.63, 3.8) is 0 Å². The summed E-state index contributed by atoms with van der Waals surface area (Å²) in [5.74, 6) is -0.333. The number of anilines is 2. The molecule has 0 spiro atoms. The van der Waals surface area contributed by atoms with Gasteiger partial charge in [0.15, 0.2) is 0 Å². The van der Waals surface area contributed by atoms with E-state index in [4.69, 9.17) is 17.3 Å². The van der Waals surface area contributed by atoms with E-state index in [-0.39, 0.29) is 5.56 Å². The van der Waals surface area contributed by atoms with Crippen molar-refractivity contribution in [3.8, 4) is 0 Å². The summed E-state index contributed by atoms with van der Waals surface area (Å²) < 4.78 is 0. The standard InChI is InChI=1S/C15H22ClN3O2/c1-19-6-3-10(4-7-19)2-5-18-14-12(15(20)21)8-11(17)9-13(14)16/h8-10,18H,2-7,17H2,1H3,(H,20,21). The van der Waals surface area contributed by atoms with Crippen molar-refractivity contribution in [3.05, 3.63) is 22.7 Å². The van der Waals surface area contributed by atoms with Gasteiger partial charge in [-0.3, -0.25) is 0 Å². The van der Waals surface area contributed by atoms with E-state index in [1.807, 2.05) is 0 Å². The first-order chi connectivity index (χ1) is 9.97. The number of hydrogen-bond acceptors (Lipinski definition) is 4. The predicted octanol–water partition coefficient (Wildman–Crippen LogP) is 2.76. The number of benzene rings is 1. The van der Waals surface area contributed by atoms with Gasteiger partial charge in [-0.05, 0) is 57.5 Å². The third kappa shape index (κ3) is 4.25. The van der Waals surface area contributed by atoms with Crippen molar-refractivity contribution in [2.75, 3.05) is 37.7 Å². The van der Waals surface area contributed by atoms with Gasteiger partial charge in [0.1, 0.15) is 0 Å². The van der Waals surface area contributed by atoms with E-state index in [9.17, 15) is 9.90 Å². The maximum Gasteiger partial charge on any atom is 0.337 e. The Labute approximate surface area is 130 Å². The maximum atomic E-state index is 11.3. The Morgan fingerprint density at radius 3 is 2.76 bits per heavy atom. The van der Waals surface area contributed by atoms with Gasteiger partial charge in [0, 0.05) is 12.2 Å². The highest BCUT2D eigenvalue weighted by molar-refractivity contribution is 6.34. The number of nitrogens with one attached hydrogen (secondary N) is 1. The number of carboxylic acids is 1. The van der Waals surface area contributed by atoms with E-state index < -0.39 is 5.97 Å². The van der Waals surface area contributed by atoms with Gasteiger partial charge < -0.3 is 21.1 Å². The molecule has 0 atom stereocenters. The Balaban J connectivity index is 1.95. The molecule has 4 N–H and O–H groups in total. The van der Waals surface area contributed by atoms with Gasteiger partial charge in [-0.1, -0.05) is 11.6 Å². The number of carboxylic acid groups (broad SMARTS) is 1. The van der Waals surface area contributed by atoms with E-state index in [0.717, 1.165) is 26.1 Å². The molecule has 2 rings (SSSR count). The summed E-state index contributed by atoms with van der Waals surface area (Å²) in [6.45, 7) is 2.99. The van der Waals surface area contributed by atoms with E-state index in [0.29, 0.717) is 22.3 Å². The number of rotatable bonds is 5. The third-order valence-electron chi connectivity index (χ3n) is 4.04. The van der Waals surface area contributed by atoms with Crippen LogP contribution in [0.3, 0.4) is 0 Å². The molecule has 1 aromatic carbocycles. The van der Waals surface area contributed by atoms with Crippen LogP contribution < -0.4 is 11.1 Å². The summed E-state index contributed by atoms with van der Waals surface area (Å²) in [4.78, 5) is 13.6. The summed E-state index contributed by atoms with van der Waals surface area (Å²) in [5, 5.41) is 12.8.